The van der Waals surface area contributed by atoms with Crippen LogP contribution < -0.4 is 15.2 Å². The zero-order chi connectivity index (χ0) is 25.6. The van der Waals surface area contributed by atoms with E-state index in [1.807, 2.05) is 0 Å². The van der Waals surface area contributed by atoms with Crippen molar-refractivity contribution >= 4 is 44.7 Å². The summed E-state index contributed by atoms with van der Waals surface area (Å²) >= 11 is 6.07. The Balaban J connectivity index is 1.36. The van der Waals surface area contributed by atoms with E-state index in [9.17, 15) is 13.2 Å². The maximum absolute atomic E-state index is 13.6. The van der Waals surface area contributed by atoms with E-state index in [1.54, 1.807) is 36.4 Å². The minimum Gasteiger partial charge on any atom is -0.289 e. The number of fused-ring (bicyclic) bond motifs is 4. The summed E-state index contributed by atoms with van der Waals surface area (Å²) in [6, 6.07) is 25.6. The molecule has 0 bridgehead atoms. The fourth-order valence-electron chi connectivity index (χ4n) is 5.43. The molecule has 1 N–H and O–H groups in total. The van der Waals surface area contributed by atoms with Gasteiger partial charge in [0.2, 0.25) is 0 Å². The molecule has 2 aliphatic carbocycles. The molecule has 0 aliphatic heterocycles. The van der Waals surface area contributed by atoms with E-state index in [4.69, 9.17) is 11.6 Å². The Morgan fingerprint density at radius 2 is 1.49 bits per heavy atom. The van der Waals surface area contributed by atoms with Gasteiger partial charge < -0.3 is 0 Å². The average molecular weight is 526 g/mol. The molecule has 0 saturated heterocycles. The SMILES string of the molecule is O=C(C1=c2ccc3c(c2CCC1)CC=c1ccccc1=3)c1ccc(NS(=O)(=O)c2ccccc2Cl)cc1. The van der Waals surface area contributed by atoms with Gasteiger partial charge >= 0.3 is 0 Å². The molecule has 4 aromatic carbocycles. The van der Waals surface area contributed by atoms with Gasteiger partial charge in [0.25, 0.3) is 10.0 Å². The largest absolute Gasteiger partial charge is 0.289 e. The summed E-state index contributed by atoms with van der Waals surface area (Å²) in [6.45, 7) is 0. The van der Waals surface area contributed by atoms with Gasteiger partial charge in [0.1, 0.15) is 4.90 Å². The number of hydrogen-bond acceptors (Lipinski definition) is 3. The van der Waals surface area contributed by atoms with Gasteiger partial charge in [-0.25, -0.2) is 8.42 Å². The second kappa shape index (κ2) is 9.33. The molecule has 0 aromatic heterocycles. The quantitative estimate of drug-likeness (QED) is 0.367. The number of Topliss-reactive ketones (excluding diaryl/α,β-unsaturated/α-hetero) is 1. The van der Waals surface area contributed by atoms with Crippen LogP contribution in [0.25, 0.3) is 11.6 Å². The number of halogens is 1. The Hall–Kier alpha value is -3.67. The van der Waals surface area contributed by atoms with E-state index in [0.717, 1.165) is 36.5 Å². The first-order chi connectivity index (χ1) is 17.9. The topological polar surface area (TPSA) is 63.2 Å². The van der Waals surface area contributed by atoms with Crippen molar-refractivity contribution < 1.29 is 13.2 Å². The van der Waals surface area contributed by atoms with Crippen LogP contribution in [0.5, 0.6) is 0 Å². The lowest BCUT2D eigenvalue weighted by Crippen LogP contribution is -2.25. The monoisotopic (exact) mass is 525 g/mol. The van der Waals surface area contributed by atoms with Crippen molar-refractivity contribution in [1.82, 2.24) is 0 Å². The van der Waals surface area contributed by atoms with Crippen molar-refractivity contribution in [1.29, 1.82) is 0 Å². The summed E-state index contributed by atoms with van der Waals surface area (Å²) in [5.74, 6) is -0.0124. The summed E-state index contributed by atoms with van der Waals surface area (Å²) in [7, 11) is -3.84. The molecule has 6 heteroatoms. The van der Waals surface area contributed by atoms with Gasteiger partial charge in [0.05, 0.1) is 5.02 Å². The molecule has 0 saturated carbocycles. The van der Waals surface area contributed by atoms with Crippen molar-refractivity contribution in [3.63, 3.8) is 0 Å². The van der Waals surface area contributed by atoms with E-state index < -0.39 is 10.0 Å². The molecule has 37 heavy (non-hydrogen) atoms. The molecule has 0 fully saturated rings. The standard InChI is InChI=1S/C31H24ClNO3S/c32-29-10-3-4-11-30(29)37(35,36)33-22-15-12-21(13-16-22)31(34)28-9-5-8-24-26-17-14-20-6-1-2-7-23(20)25(26)18-19-27(24)28/h1-4,6-7,10-16,18-19,33H,5,8-9,17H2. The molecule has 0 heterocycles. The Labute approximate surface area is 220 Å². The molecular weight excluding hydrogens is 502 g/mol. The van der Waals surface area contributed by atoms with Gasteiger partial charge in [-0.2, -0.15) is 0 Å². The second-order valence-electron chi connectivity index (χ2n) is 9.39. The fourth-order valence-corrected chi connectivity index (χ4v) is 7.01. The number of carbonyl (C=O) groups excluding carboxylic acids is 1. The third kappa shape index (κ3) is 4.28. The Kier molecular flexibility index (Phi) is 5.98. The van der Waals surface area contributed by atoms with E-state index >= 15 is 0 Å². The van der Waals surface area contributed by atoms with Crippen LogP contribution in [0.2, 0.25) is 5.02 Å². The van der Waals surface area contributed by atoms with E-state index in [1.165, 1.54) is 38.9 Å². The van der Waals surface area contributed by atoms with Gasteiger partial charge in [-0.05, 0) is 94.1 Å². The molecule has 0 radical (unpaired) electrons. The summed E-state index contributed by atoms with van der Waals surface area (Å²) in [5, 5.41) is 4.97. The zero-order valence-corrected chi connectivity index (χ0v) is 21.6. The van der Waals surface area contributed by atoms with Crippen LogP contribution in [-0.4, -0.2) is 14.2 Å². The van der Waals surface area contributed by atoms with Crippen molar-refractivity contribution in [3.05, 3.63) is 128 Å². The Bertz CT molecular complexity index is 1900. The normalized spacial score (nSPS) is 14.1. The van der Waals surface area contributed by atoms with Crippen LogP contribution in [0, 0.1) is 10.4 Å². The van der Waals surface area contributed by atoms with Crippen LogP contribution in [-0.2, 0) is 22.9 Å². The van der Waals surface area contributed by atoms with Gasteiger partial charge in [-0.1, -0.05) is 66.2 Å². The lowest BCUT2D eigenvalue weighted by Gasteiger charge is -2.20. The molecule has 0 unspecified atom stereocenters. The highest BCUT2D eigenvalue weighted by atomic mass is 35.5. The predicted molar refractivity (Wildman–Crippen MR) is 147 cm³/mol. The van der Waals surface area contributed by atoms with Gasteiger partial charge in [0.15, 0.2) is 5.78 Å². The first kappa shape index (κ1) is 23.7. The lowest BCUT2D eigenvalue weighted by atomic mass is 9.84. The first-order valence-electron chi connectivity index (χ1n) is 12.3. The number of sulfonamides is 1. The van der Waals surface area contributed by atoms with Crippen molar-refractivity contribution in [2.45, 2.75) is 30.6 Å². The fraction of sp³-hybridized carbons (Fsp3) is 0.129. The molecule has 0 spiro atoms. The van der Waals surface area contributed by atoms with Crippen LogP contribution in [0.4, 0.5) is 5.69 Å². The first-order valence-corrected chi connectivity index (χ1v) is 14.1. The molecule has 4 aromatic rings. The third-order valence-electron chi connectivity index (χ3n) is 7.19. The summed E-state index contributed by atoms with van der Waals surface area (Å²) in [5.41, 5.74) is 4.34. The van der Waals surface area contributed by atoms with Gasteiger partial charge in [-0.15, -0.1) is 0 Å². The average Bonchev–Trinajstić information content (AvgIpc) is 2.92. The van der Waals surface area contributed by atoms with Crippen molar-refractivity contribution in [3.8, 4) is 0 Å². The second-order valence-corrected chi connectivity index (χ2v) is 11.4. The molecule has 4 nitrogen and oxygen atoms in total. The van der Waals surface area contributed by atoms with Crippen molar-refractivity contribution in [2.75, 3.05) is 4.72 Å². The van der Waals surface area contributed by atoms with Crippen LogP contribution in [0.15, 0.2) is 89.8 Å². The highest BCUT2D eigenvalue weighted by molar-refractivity contribution is 7.92. The number of anilines is 1. The Morgan fingerprint density at radius 3 is 2.30 bits per heavy atom. The maximum Gasteiger partial charge on any atom is 0.263 e. The highest BCUT2D eigenvalue weighted by Gasteiger charge is 2.22. The minimum absolute atomic E-state index is 0.00869. The molecule has 0 amide bonds. The molecule has 6 rings (SSSR count). The maximum atomic E-state index is 13.6. The molecule has 0 atom stereocenters. The Morgan fingerprint density at radius 1 is 0.757 bits per heavy atom. The number of ketones is 1. The number of hydrogen-bond donors (Lipinski definition) is 1. The molecular formula is C31H24ClNO3S. The van der Waals surface area contributed by atoms with E-state index in [2.05, 4.69) is 47.2 Å². The summed E-state index contributed by atoms with van der Waals surface area (Å²) in [4.78, 5) is 13.6. The van der Waals surface area contributed by atoms with Crippen LogP contribution >= 0.6 is 11.6 Å². The third-order valence-corrected chi connectivity index (χ3v) is 9.07. The number of carbonyl (C=O) groups is 1. The minimum atomic E-state index is -3.84. The number of nitrogens with one attached hydrogen (secondary N) is 1. The number of rotatable bonds is 5. The summed E-state index contributed by atoms with van der Waals surface area (Å²) in [6.07, 6.45) is 5.77. The van der Waals surface area contributed by atoms with Gasteiger partial charge in [0, 0.05) is 16.8 Å². The van der Waals surface area contributed by atoms with Crippen LogP contribution in [0.1, 0.15) is 34.3 Å². The number of benzene rings is 4. The van der Waals surface area contributed by atoms with Gasteiger partial charge in [-0.3, -0.25) is 9.52 Å². The van der Waals surface area contributed by atoms with Crippen molar-refractivity contribution in [2.24, 2.45) is 0 Å². The van der Waals surface area contributed by atoms with Crippen LogP contribution in [0.3, 0.4) is 0 Å². The smallest absolute Gasteiger partial charge is 0.263 e. The molecule has 2 aliphatic rings. The van der Waals surface area contributed by atoms with E-state index in [-0.39, 0.29) is 15.7 Å². The lowest BCUT2D eigenvalue weighted by molar-refractivity contribution is 0.105. The predicted octanol–water partition coefficient (Wildman–Crippen LogP) is 5.13. The zero-order valence-electron chi connectivity index (χ0n) is 20.0. The molecule has 184 valence electrons. The van der Waals surface area contributed by atoms with E-state index in [0.29, 0.717) is 11.3 Å². The summed E-state index contributed by atoms with van der Waals surface area (Å²) < 4.78 is 28.0. The highest BCUT2D eigenvalue weighted by Crippen LogP contribution is 2.26.